The van der Waals surface area contributed by atoms with Crippen LogP contribution in [0, 0.1) is 0 Å². The highest BCUT2D eigenvalue weighted by Crippen LogP contribution is 2.32. The van der Waals surface area contributed by atoms with E-state index in [1.165, 1.54) is 4.88 Å². The van der Waals surface area contributed by atoms with E-state index in [0.717, 1.165) is 29.7 Å². The Labute approximate surface area is 109 Å². The summed E-state index contributed by atoms with van der Waals surface area (Å²) in [6.07, 6.45) is 1.95. The van der Waals surface area contributed by atoms with E-state index in [0.29, 0.717) is 12.5 Å². The molecule has 0 amide bonds. The molecule has 1 unspecified atom stereocenters. The van der Waals surface area contributed by atoms with E-state index in [4.69, 9.17) is 15.2 Å². The van der Waals surface area contributed by atoms with Gasteiger partial charge in [-0.1, -0.05) is 6.92 Å². The fourth-order valence-electron chi connectivity index (χ4n) is 1.99. The Bertz CT molecular complexity index is 564. The first-order valence-corrected chi connectivity index (χ1v) is 6.88. The van der Waals surface area contributed by atoms with Crippen molar-refractivity contribution in [3.8, 4) is 5.88 Å². The summed E-state index contributed by atoms with van der Waals surface area (Å²) in [7, 11) is 0. The molecule has 0 aromatic carbocycles. The number of ether oxygens (including phenoxy) is 2. The molecule has 18 heavy (non-hydrogen) atoms. The van der Waals surface area contributed by atoms with E-state index < -0.39 is 0 Å². The van der Waals surface area contributed by atoms with Crippen LogP contribution in [0.15, 0.2) is 6.07 Å². The lowest BCUT2D eigenvalue weighted by atomic mass is 10.3. The van der Waals surface area contributed by atoms with Gasteiger partial charge in [0.15, 0.2) is 0 Å². The molecule has 5 nitrogen and oxygen atoms in total. The highest BCUT2D eigenvalue weighted by atomic mass is 32.1. The number of nitrogen functional groups attached to an aromatic ring is 1. The third-order valence-electron chi connectivity index (χ3n) is 2.94. The zero-order valence-electron chi connectivity index (χ0n) is 10.2. The number of nitrogens with two attached hydrogens (primary N) is 1. The molecule has 0 bridgehead atoms. The van der Waals surface area contributed by atoms with Gasteiger partial charge in [-0.05, 0) is 12.5 Å². The van der Waals surface area contributed by atoms with Crippen LogP contribution in [-0.4, -0.2) is 29.3 Å². The van der Waals surface area contributed by atoms with Gasteiger partial charge in [-0.15, -0.1) is 11.3 Å². The normalized spacial score (nSPS) is 19.5. The van der Waals surface area contributed by atoms with E-state index in [-0.39, 0.29) is 12.1 Å². The Morgan fingerprint density at radius 1 is 1.56 bits per heavy atom. The number of hydrogen-bond acceptors (Lipinski definition) is 6. The fourth-order valence-corrected chi connectivity index (χ4v) is 2.95. The molecule has 6 heteroatoms. The van der Waals surface area contributed by atoms with Crippen LogP contribution in [0.3, 0.4) is 0 Å². The highest BCUT2D eigenvalue weighted by Gasteiger charge is 2.20. The van der Waals surface area contributed by atoms with E-state index >= 15 is 0 Å². The number of fused-ring (bicyclic) bond motifs is 1. The summed E-state index contributed by atoms with van der Waals surface area (Å²) in [5.74, 6) is 0.852. The molecular weight excluding hydrogens is 250 g/mol. The Hall–Kier alpha value is -1.40. The van der Waals surface area contributed by atoms with Gasteiger partial charge in [-0.3, -0.25) is 0 Å². The summed E-state index contributed by atoms with van der Waals surface area (Å²) in [6, 6.07) is 2.09. The van der Waals surface area contributed by atoms with Crippen molar-refractivity contribution in [3.05, 3.63) is 10.9 Å². The lowest BCUT2D eigenvalue weighted by Gasteiger charge is -2.11. The van der Waals surface area contributed by atoms with Crippen LogP contribution in [0.2, 0.25) is 0 Å². The maximum absolute atomic E-state index is 5.88. The predicted octanol–water partition coefficient (Wildman–Crippen LogP) is 2.00. The van der Waals surface area contributed by atoms with Crippen LogP contribution in [0.1, 0.15) is 18.2 Å². The molecule has 1 saturated heterocycles. The first-order valence-electron chi connectivity index (χ1n) is 6.06. The minimum atomic E-state index is 0.0764. The van der Waals surface area contributed by atoms with E-state index in [2.05, 4.69) is 23.0 Å². The second kappa shape index (κ2) is 4.70. The quantitative estimate of drug-likeness (QED) is 0.919. The summed E-state index contributed by atoms with van der Waals surface area (Å²) in [4.78, 5) is 10.6. The molecule has 2 aromatic rings. The largest absolute Gasteiger partial charge is 0.471 e. The van der Waals surface area contributed by atoms with Crippen molar-refractivity contribution >= 4 is 27.5 Å². The second-order valence-electron chi connectivity index (χ2n) is 4.28. The molecule has 2 aromatic heterocycles. The molecule has 1 fully saturated rings. The summed E-state index contributed by atoms with van der Waals surface area (Å²) in [6.45, 7) is 3.49. The Morgan fingerprint density at radius 2 is 2.44 bits per heavy atom. The van der Waals surface area contributed by atoms with Crippen LogP contribution in [0.5, 0.6) is 5.88 Å². The van der Waals surface area contributed by atoms with Gasteiger partial charge in [0.05, 0.1) is 18.6 Å². The SMILES string of the molecule is CCc1cc2c(OC3CCOC3)nc(N)nc2s1. The molecule has 2 N–H and O–H groups in total. The third kappa shape index (κ3) is 2.13. The molecule has 1 aliphatic rings. The van der Waals surface area contributed by atoms with Crippen molar-refractivity contribution in [2.75, 3.05) is 18.9 Å². The lowest BCUT2D eigenvalue weighted by Crippen LogP contribution is -2.17. The number of rotatable bonds is 3. The minimum absolute atomic E-state index is 0.0764. The van der Waals surface area contributed by atoms with Crippen LogP contribution in [0.25, 0.3) is 10.2 Å². The summed E-state index contributed by atoms with van der Waals surface area (Å²) in [5, 5.41) is 0.956. The van der Waals surface area contributed by atoms with Gasteiger partial charge in [0.25, 0.3) is 0 Å². The van der Waals surface area contributed by atoms with Crippen molar-refractivity contribution in [1.29, 1.82) is 0 Å². The number of hydrogen-bond donors (Lipinski definition) is 1. The van der Waals surface area contributed by atoms with E-state index in [1.807, 2.05) is 0 Å². The van der Waals surface area contributed by atoms with Gasteiger partial charge in [-0.2, -0.15) is 4.98 Å². The van der Waals surface area contributed by atoms with Gasteiger partial charge in [0.2, 0.25) is 11.8 Å². The first-order chi connectivity index (χ1) is 8.76. The van der Waals surface area contributed by atoms with Crippen molar-refractivity contribution in [3.63, 3.8) is 0 Å². The number of anilines is 1. The molecule has 96 valence electrons. The lowest BCUT2D eigenvalue weighted by molar-refractivity contribution is 0.139. The second-order valence-corrected chi connectivity index (χ2v) is 5.39. The zero-order valence-corrected chi connectivity index (χ0v) is 11.0. The number of nitrogens with zero attached hydrogens (tertiary/aromatic N) is 2. The standard InChI is InChI=1S/C12H15N3O2S/c1-2-8-5-9-10(17-7-3-4-16-6-7)14-12(13)15-11(9)18-8/h5,7H,2-4,6H2,1H3,(H2,13,14,15). The number of aryl methyl sites for hydroxylation is 1. The van der Waals surface area contributed by atoms with Gasteiger partial charge in [0, 0.05) is 11.3 Å². The fraction of sp³-hybridized carbons (Fsp3) is 0.500. The molecule has 3 rings (SSSR count). The van der Waals surface area contributed by atoms with E-state index in [9.17, 15) is 0 Å². The van der Waals surface area contributed by atoms with Crippen LogP contribution >= 0.6 is 11.3 Å². The summed E-state index contributed by atoms with van der Waals surface area (Å²) in [5.41, 5.74) is 5.72. The predicted molar refractivity (Wildman–Crippen MR) is 71.1 cm³/mol. The topological polar surface area (TPSA) is 70.3 Å². The summed E-state index contributed by atoms with van der Waals surface area (Å²) < 4.78 is 11.2. The Morgan fingerprint density at radius 3 is 3.17 bits per heavy atom. The molecule has 0 spiro atoms. The Kier molecular flexibility index (Phi) is 3.05. The summed E-state index contributed by atoms with van der Waals surface area (Å²) >= 11 is 1.64. The van der Waals surface area contributed by atoms with Crippen LogP contribution in [-0.2, 0) is 11.2 Å². The number of aromatic nitrogens is 2. The van der Waals surface area contributed by atoms with Crippen molar-refractivity contribution < 1.29 is 9.47 Å². The number of thiophene rings is 1. The molecule has 0 aliphatic carbocycles. The van der Waals surface area contributed by atoms with Crippen molar-refractivity contribution in [1.82, 2.24) is 9.97 Å². The van der Waals surface area contributed by atoms with Crippen molar-refractivity contribution in [2.24, 2.45) is 0 Å². The van der Waals surface area contributed by atoms with E-state index in [1.54, 1.807) is 11.3 Å². The smallest absolute Gasteiger partial charge is 0.227 e. The average molecular weight is 265 g/mol. The molecule has 1 aliphatic heterocycles. The molecule has 3 heterocycles. The zero-order chi connectivity index (χ0) is 12.5. The van der Waals surface area contributed by atoms with Gasteiger partial charge in [-0.25, -0.2) is 4.98 Å². The first kappa shape index (κ1) is 11.7. The van der Waals surface area contributed by atoms with Crippen LogP contribution < -0.4 is 10.5 Å². The Balaban J connectivity index is 2.00. The molecule has 0 radical (unpaired) electrons. The molecular formula is C12H15N3O2S. The van der Waals surface area contributed by atoms with Gasteiger partial charge >= 0.3 is 0 Å². The minimum Gasteiger partial charge on any atom is -0.471 e. The maximum atomic E-state index is 5.88. The average Bonchev–Trinajstić information content (AvgIpc) is 2.97. The van der Waals surface area contributed by atoms with Crippen LogP contribution in [0.4, 0.5) is 5.95 Å². The third-order valence-corrected chi connectivity index (χ3v) is 4.11. The molecule has 1 atom stereocenters. The molecule has 0 saturated carbocycles. The highest BCUT2D eigenvalue weighted by molar-refractivity contribution is 7.18. The van der Waals surface area contributed by atoms with Crippen molar-refractivity contribution in [2.45, 2.75) is 25.9 Å². The van der Waals surface area contributed by atoms with Gasteiger partial charge in [0.1, 0.15) is 10.9 Å². The maximum Gasteiger partial charge on any atom is 0.227 e. The van der Waals surface area contributed by atoms with Gasteiger partial charge < -0.3 is 15.2 Å². The monoisotopic (exact) mass is 265 g/mol.